The van der Waals surface area contributed by atoms with Crippen LogP contribution in [0.25, 0.3) is 0 Å². The highest BCUT2D eigenvalue weighted by atomic mass is 31.2. The molecule has 0 heterocycles. The Balaban J connectivity index is 6.30. The Kier molecular flexibility index (Phi) is 14.1. The number of phosphoric acid groups is 1. The van der Waals surface area contributed by atoms with Crippen LogP contribution in [0.3, 0.4) is 0 Å². The minimum atomic E-state index is -8.32. The molecule has 48 heavy (non-hydrogen) atoms. The number of hydroxylamine groups is 2. The molecule has 30 heteroatoms. The third kappa shape index (κ3) is 8.84. The van der Waals surface area contributed by atoms with Gasteiger partial charge in [0.15, 0.2) is 0 Å². The van der Waals surface area contributed by atoms with E-state index >= 15 is 0 Å². The average molecular weight is 793 g/mol. The van der Waals surface area contributed by atoms with E-state index in [4.69, 9.17) is 10.2 Å². The highest BCUT2D eigenvalue weighted by Gasteiger charge is 2.90. The SMILES string of the molecule is O=P(OCCC(F)(F)C(F)(F)C(F)(F)C(F)(F)F)(OCCC(F)(F)C(F)(F)C(F)(F)C(F)(F)C(F)(F)C(F)(F)F)ON(CCO)CCO. The fourth-order valence-corrected chi connectivity index (χ4v) is 3.98. The second-order valence-corrected chi connectivity index (χ2v) is 10.5. The summed E-state index contributed by atoms with van der Waals surface area (Å²) in [5.41, 5.74) is 0. The molecule has 2 N–H and O–H groups in total. The first-order valence-corrected chi connectivity index (χ1v) is 13.1. The molecule has 7 nitrogen and oxygen atoms in total. The molecule has 0 aliphatic rings. The quantitative estimate of drug-likeness (QED) is 0.0759. The van der Waals surface area contributed by atoms with Gasteiger partial charge in [0.25, 0.3) is 0 Å². The van der Waals surface area contributed by atoms with Crippen LogP contribution in [-0.2, 0) is 18.2 Å². The van der Waals surface area contributed by atoms with Gasteiger partial charge >= 0.3 is 67.6 Å². The van der Waals surface area contributed by atoms with Crippen molar-refractivity contribution in [3.05, 3.63) is 0 Å². The number of halogens is 22. The Bertz CT molecular complexity index is 1090. The predicted octanol–water partition coefficient (Wildman–Crippen LogP) is 7.33. The van der Waals surface area contributed by atoms with E-state index in [1.54, 1.807) is 0 Å². The van der Waals surface area contributed by atoms with Crippen LogP contribution in [0.2, 0.25) is 0 Å². The van der Waals surface area contributed by atoms with E-state index < -0.39 is 120 Å². The zero-order valence-corrected chi connectivity index (χ0v) is 23.3. The topological polar surface area (TPSA) is 88.5 Å². The molecule has 0 aliphatic heterocycles. The monoisotopic (exact) mass is 793 g/mol. The van der Waals surface area contributed by atoms with Gasteiger partial charge in [-0.25, -0.2) is 4.57 Å². The van der Waals surface area contributed by atoms with Gasteiger partial charge in [-0.15, -0.1) is 0 Å². The molecule has 0 spiro atoms. The summed E-state index contributed by atoms with van der Waals surface area (Å²) in [6.45, 7) is -9.51. The third-order valence-electron chi connectivity index (χ3n) is 5.45. The van der Waals surface area contributed by atoms with Crippen LogP contribution < -0.4 is 0 Å². The molecule has 0 aromatic rings. The van der Waals surface area contributed by atoms with E-state index in [2.05, 4.69) is 13.7 Å². The van der Waals surface area contributed by atoms with E-state index in [-0.39, 0.29) is 5.06 Å². The van der Waals surface area contributed by atoms with Crippen LogP contribution in [0.15, 0.2) is 0 Å². The molecule has 290 valence electrons. The zero-order chi connectivity index (χ0) is 38.9. The maximum atomic E-state index is 14.0. The third-order valence-corrected chi connectivity index (χ3v) is 6.88. The number of hydrogen-bond donors (Lipinski definition) is 2. The van der Waals surface area contributed by atoms with Gasteiger partial charge in [-0.3, -0.25) is 9.05 Å². The lowest BCUT2D eigenvalue weighted by molar-refractivity contribution is -0.440. The number of phosphoric ester groups is 1. The highest BCUT2D eigenvalue weighted by Crippen LogP contribution is 2.61. The van der Waals surface area contributed by atoms with Crippen molar-refractivity contribution in [2.45, 2.75) is 72.6 Å². The van der Waals surface area contributed by atoms with Crippen LogP contribution in [-0.4, -0.2) is 115 Å². The summed E-state index contributed by atoms with van der Waals surface area (Å²) >= 11 is 0. The highest BCUT2D eigenvalue weighted by molar-refractivity contribution is 7.48. The summed E-state index contributed by atoms with van der Waals surface area (Å²) in [6, 6.07) is 0. The van der Waals surface area contributed by atoms with Crippen molar-refractivity contribution in [1.82, 2.24) is 5.06 Å². The Labute approximate surface area is 251 Å². The van der Waals surface area contributed by atoms with Crippen molar-refractivity contribution in [3.8, 4) is 0 Å². The Morgan fingerprint density at radius 2 is 0.729 bits per heavy atom. The molecule has 0 bridgehead atoms. The maximum Gasteiger partial charge on any atom is 0.491 e. The summed E-state index contributed by atoms with van der Waals surface area (Å²) in [4.78, 5) is 0. The largest absolute Gasteiger partial charge is 0.491 e. The van der Waals surface area contributed by atoms with Crippen LogP contribution in [0.5, 0.6) is 0 Å². The van der Waals surface area contributed by atoms with Gasteiger partial charge in [0.05, 0.1) is 26.4 Å². The van der Waals surface area contributed by atoms with Crippen molar-refractivity contribution < 1.29 is 125 Å². The van der Waals surface area contributed by atoms with E-state index in [1.807, 2.05) is 0 Å². The molecule has 0 fully saturated rings. The first kappa shape index (κ1) is 46.4. The Hall–Kier alpha value is -1.55. The predicted molar refractivity (Wildman–Crippen MR) is 107 cm³/mol. The molecule has 0 amide bonds. The molecular weight excluding hydrogens is 775 g/mol. The molecule has 0 aromatic carbocycles. The van der Waals surface area contributed by atoms with Gasteiger partial charge in [-0.2, -0.15) is 106 Å². The van der Waals surface area contributed by atoms with Gasteiger partial charge in [0.1, 0.15) is 0 Å². The number of hydrogen-bond acceptors (Lipinski definition) is 7. The van der Waals surface area contributed by atoms with Gasteiger partial charge in [0.2, 0.25) is 0 Å². The van der Waals surface area contributed by atoms with Gasteiger partial charge in [-0.05, 0) is 0 Å². The van der Waals surface area contributed by atoms with Crippen molar-refractivity contribution in [1.29, 1.82) is 0 Å². The van der Waals surface area contributed by atoms with Gasteiger partial charge in [0, 0.05) is 25.9 Å². The van der Waals surface area contributed by atoms with E-state index in [0.29, 0.717) is 0 Å². The van der Waals surface area contributed by atoms with E-state index in [0.717, 1.165) is 0 Å². The molecular formula is C18H18F22NO6P. The Morgan fingerprint density at radius 3 is 1.02 bits per heavy atom. The minimum absolute atomic E-state index is 0.0635. The molecule has 0 saturated carbocycles. The van der Waals surface area contributed by atoms with Gasteiger partial charge in [-0.1, -0.05) is 0 Å². The number of aliphatic hydroxyl groups is 2. The number of aliphatic hydroxyl groups excluding tert-OH is 2. The summed E-state index contributed by atoms with van der Waals surface area (Å²) in [7, 11) is -6.27. The van der Waals surface area contributed by atoms with Crippen LogP contribution in [0, 0.1) is 0 Å². The lowest BCUT2D eigenvalue weighted by atomic mass is 9.93. The summed E-state index contributed by atoms with van der Waals surface area (Å²) in [5.74, 6) is -60.8. The summed E-state index contributed by atoms with van der Waals surface area (Å²) in [5, 5.41) is 17.6. The molecule has 1 unspecified atom stereocenters. The van der Waals surface area contributed by atoms with Crippen LogP contribution in [0.1, 0.15) is 12.8 Å². The first-order valence-electron chi connectivity index (χ1n) is 11.6. The smallest absolute Gasteiger partial charge is 0.395 e. The Morgan fingerprint density at radius 1 is 0.458 bits per heavy atom. The maximum absolute atomic E-state index is 14.0. The standard InChI is InChI=1S/C18H18F22NO6P/c19-9(20,11(23,24)13(27,28)14(29,30)16(33,34)18(38,39)40)1-7-45-48(44,47-41(3-5-42)4-6-43)46-8-2-10(21,22)12(25,26)15(31,32)17(35,36)37/h42-43H,1-8H2. The molecule has 0 aliphatic carbocycles. The van der Waals surface area contributed by atoms with Crippen molar-refractivity contribution in [2.24, 2.45) is 0 Å². The lowest BCUT2D eigenvalue weighted by Crippen LogP contribution is -2.70. The van der Waals surface area contributed by atoms with Crippen LogP contribution >= 0.6 is 7.82 Å². The van der Waals surface area contributed by atoms with Crippen LogP contribution in [0.4, 0.5) is 96.6 Å². The fourth-order valence-electron chi connectivity index (χ4n) is 2.74. The summed E-state index contributed by atoms with van der Waals surface area (Å²) < 4.78 is 313. The number of alkyl halides is 22. The molecule has 1 atom stereocenters. The number of rotatable bonds is 20. The first-order chi connectivity index (χ1) is 20.9. The van der Waals surface area contributed by atoms with Crippen molar-refractivity contribution in [3.63, 3.8) is 0 Å². The van der Waals surface area contributed by atoms with E-state index in [1.165, 1.54) is 0 Å². The second-order valence-electron chi connectivity index (χ2n) is 8.92. The average Bonchev–Trinajstić information content (AvgIpc) is 2.86. The molecule has 0 radical (unpaired) electrons. The minimum Gasteiger partial charge on any atom is -0.395 e. The summed E-state index contributed by atoms with van der Waals surface area (Å²) in [6.07, 6.45) is -21.4. The fraction of sp³-hybridized carbons (Fsp3) is 1.00. The lowest BCUT2D eigenvalue weighted by Gasteiger charge is -2.39. The molecule has 0 rings (SSSR count). The second kappa shape index (κ2) is 14.6. The molecule has 0 aromatic heterocycles. The van der Waals surface area contributed by atoms with E-state index in [9.17, 15) is 101 Å². The zero-order valence-electron chi connectivity index (χ0n) is 22.4. The number of nitrogens with zero attached hydrogens (tertiary/aromatic N) is 1. The van der Waals surface area contributed by atoms with Gasteiger partial charge < -0.3 is 10.2 Å². The molecule has 0 saturated heterocycles. The van der Waals surface area contributed by atoms with Crippen molar-refractivity contribution in [2.75, 3.05) is 39.5 Å². The van der Waals surface area contributed by atoms with Crippen molar-refractivity contribution >= 4 is 7.82 Å². The normalized spacial score (nSPS) is 16.9.